The lowest BCUT2D eigenvalue weighted by atomic mass is 9.72. The first-order valence-electron chi connectivity index (χ1n) is 15.2. The van der Waals surface area contributed by atoms with Gasteiger partial charge in [-0.2, -0.15) is 0 Å². The molecule has 4 rings (SSSR count). The number of carbonyl (C=O) groups is 2. The molecule has 1 amide bonds. The van der Waals surface area contributed by atoms with Crippen molar-refractivity contribution in [1.29, 1.82) is 0 Å². The van der Waals surface area contributed by atoms with E-state index >= 15 is 0 Å². The lowest BCUT2D eigenvalue weighted by Gasteiger charge is -2.36. The lowest BCUT2D eigenvalue weighted by molar-refractivity contribution is -0.154. The number of carbonyl (C=O) groups excluding carboxylic acids is 1. The minimum atomic E-state index is -0.931. The SMILES string of the molecule is COc1ccc(C(C)(C)C)cc1CN[C@H]1[C@H](C(C)(C)C)[C@@H](C(=O)O)N(C(=O)C2CCC(C)CC2)[C@H]1c1ccccc1. The van der Waals surface area contributed by atoms with Gasteiger partial charge in [-0.1, -0.05) is 90.9 Å². The van der Waals surface area contributed by atoms with Crippen LogP contribution in [0.4, 0.5) is 0 Å². The maximum Gasteiger partial charge on any atom is 0.326 e. The summed E-state index contributed by atoms with van der Waals surface area (Å²) < 4.78 is 5.74. The summed E-state index contributed by atoms with van der Waals surface area (Å²) in [6, 6.07) is 14.7. The van der Waals surface area contributed by atoms with Crippen molar-refractivity contribution in [2.24, 2.45) is 23.2 Å². The molecule has 2 aromatic rings. The zero-order chi connectivity index (χ0) is 30.1. The van der Waals surface area contributed by atoms with Crippen LogP contribution in [-0.4, -0.2) is 41.1 Å². The monoisotopic (exact) mass is 562 g/mol. The Morgan fingerprint density at radius 1 is 0.976 bits per heavy atom. The summed E-state index contributed by atoms with van der Waals surface area (Å²) in [5, 5.41) is 14.5. The Labute approximate surface area is 246 Å². The van der Waals surface area contributed by atoms with E-state index in [-0.39, 0.29) is 34.6 Å². The van der Waals surface area contributed by atoms with E-state index in [9.17, 15) is 14.7 Å². The van der Waals surface area contributed by atoms with Crippen LogP contribution in [0.15, 0.2) is 48.5 Å². The number of hydrogen-bond acceptors (Lipinski definition) is 4. The van der Waals surface area contributed by atoms with Gasteiger partial charge in [0.05, 0.1) is 13.2 Å². The molecule has 0 bridgehead atoms. The second kappa shape index (κ2) is 12.2. The number of nitrogens with one attached hydrogen (secondary N) is 1. The summed E-state index contributed by atoms with van der Waals surface area (Å²) in [4.78, 5) is 29.2. The van der Waals surface area contributed by atoms with E-state index in [0.29, 0.717) is 12.5 Å². The van der Waals surface area contributed by atoms with Crippen LogP contribution in [0.3, 0.4) is 0 Å². The smallest absolute Gasteiger partial charge is 0.326 e. The number of amides is 1. The number of carboxylic acid groups (broad SMARTS) is 1. The Hall–Kier alpha value is -2.86. The third-order valence-electron chi connectivity index (χ3n) is 9.35. The van der Waals surface area contributed by atoms with Gasteiger partial charge >= 0.3 is 5.97 Å². The van der Waals surface area contributed by atoms with Crippen LogP contribution >= 0.6 is 0 Å². The Morgan fingerprint density at radius 3 is 2.15 bits per heavy atom. The molecule has 6 nitrogen and oxygen atoms in total. The van der Waals surface area contributed by atoms with Gasteiger partial charge in [-0.3, -0.25) is 4.79 Å². The molecule has 0 aromatic heterocycles. The standard InChI is InChI=1S/C35H50N2O4/c1-22-14-16-24(17-15-22)32(38)37-30(23-12-10-9-11-13-23)29(28(35(5,6)7)31(37)33(39)40)36-21-25-20-26(34(2,3)4)18-19-27(25)41-8/h9-13,18-20,22,24,28-31,36H,14-17,21H2,1-8H3,(H,39,40)/t22?,24?,28-,29-,30-,31-/m0/s1. The fourth-order valence-electron chi connectivity index (χ4n) is 7.06. The van der Waals surface area contributed by atoms with Gasteiger partial charge in [-0.05, 0) is 59.6 Å². The molecule has 0 radical (unpaired) electrons. The number of benzene rings is 2. The maximum atomic E-state index is 14.4. The molecule has 2 fully saturated rings. The van der Waals surface area contributed by atoms with Crippen LogP contribution in [0.2, 0.25) is 0 Å². The molecule has 224 valence electrons. The van der Waals surface area contributed by atoms with Crippen LogP contribution in [0, 0.1) is 23.2 Å². The highest BCUT2D eigenvalue weighted by Gasteiger charge is 2.58. The predicted octanol–water partition coefficient (Wildman–Crippen LogP) is 6.98. The van der Waals surface area contributed by atoms with Crippen LogP contribution in [-0.2, 0) is 21.5 Å². The fourth-order valence-corrected chi connectivity index (χ4v) is 7.06. The summed E-state index contributed by atoms with van der Waals surface area (Å²) in [6.45, 7) is 15.6. The molecule has 2 aromatic carbocycles. The quantitative estimate of drug-likeness (QED) is 0.381. The molecule has 4 atom stereocenters. The van der Waals surface area contributed by atoms with E-state index < -0.39 is 18.1 Å². The number of methoxy groups -OCH3 is 1. The zero-order valence-electron chi connectivity index (χ0n) is 26.2. The summed E-state index contributed by atoms with van der Waals surface area (Å²) in [7, 11) is 1.68. The van der Waals surface area contributed by atoms with Gasteiger partial charge in [0.15, 0.2) is 0 Å². The Morgan fingerprint density at radius 2 is 1.61 bits per heavy atom. The number of aliphatic carboxylic acids is 1. The highest BCUT2D eigenvalue weighted by atomic mass is 16.5. The van der Waals surface area contributed by atoms with Crippen molar-refractivity contribution >= 4 is 11.9 Å². The minimum Gasteiger partial charge on any atom is -0.496 e. The molecule has 1 aliphatic heterocycles. The van der Waals surface area contributed by atoms with E-state index in [1.807, 2.05) is 36.4 Å². The zero-order valence-corrected chi connectivity index (χ0v) is 26.2. The molecule has 0 unspecified atom stereocenters. The van der Waals surface area contributed by atoms with Crippen molar-refractivity contribution in [2.75, 3.05) is 7.11 Å². The van der Waals surface area contributed by atoms with Gasteiger partial charge < -0.3 is 20.1 Å². The van der Waals surface area contributed by atoms with Gasteiger partial charge in [0, 0.05) is 30.0 Å². The van der Waals surface area contributed by atoms with Crippen molar-refractivity contribution in [3.05, 3.63) is 65.2 Å². The normalized spacial score (nSPS) is 27.1. The second-order valence-electron chi connectivity index (χ2n) is 14.4. The minimum absolute atomic E-state index is 0.0102. The topological polar surface area (TPSA) is 78.9 Å². The third-order valence-corrected chi connectivity index (χ3v) is 9.35. The Bertz CT molecular complexity index is 1200. The average Bonchev–Trinajstić information content (AvgIpc) is 3.28. The van der Waals surface area contributed by atoms with Crippen LogP contribution < -0.4 is 10.1 Å². The van der Waals surface area contributed by atoms with Crippen molar-refractivity contribution in [3.8, 4) is 5.75 Å². The van der Waals surface area contributed by atoms with E-state index in [1.54, 1.807) is 12.0 Å². The van der Waals surface area contributed by atoms with Gasteiger partial charge in [-0.25, -0.2) is 4.79 Å². The van der Waals surface area contributed by atoms with Crippen molar-refractivity contribution in [3.63, 3.8) is 0 Å². The molecule has 2 aliphatic rings. The van der Waals surface area contributed by atoms with Gasteiger partial charge in [0.25, 0.3) is 0 Å². The number of rotatable bonds is 7. The Balaban J connectivity index is 1.80. The van der Waals surface area contributed by atoms with Gasteiger partial charge in [-0.15, -0.1) is 0 Å². The van der Waals surface area contributed by atoms with Crippen LogP contribution in [0.5, 0.6) is 5.75 Å². The van der Waals surface area contributed by atoms with E-state index in [1.165, 1.54) is 5.56 Å². The first-order chi connectivity index (χ1) is 19.2. The third kappa shape index (κ3) is 6.63. The van der Waals surface area contributed by atoms with Crippen molar-refractivity contribution in [2.45, 2.75) is 104 Å². The molecule has 1 saturated carbocycles. The van der Waals surface area contributed by atoms with E-state index in [4.69, 9.17) is 4.74 Å². The summed E-state index contributed by atoms with van der Waals surface area (Å²) in [6.07, 6.45) is 3.65. The number of ether oxygens (including phenoxy) is 1. The molecule has 2 N–H and O–H groups in total. The number of nitrogens with zero attached hydrogens (tertiary/aromatic N) is 1. The second-order valence-corrected chi connectivity index (χ2v) is 14.4. The first-order valence-corrected chi connectivity index (χ1v) is 15.2. The fraction of sp³-hybridized carbons (Fsp3) is 0.600. The van der Waals surface area contributed by atoms with Crippen molar-refractivity contribution in [1.82, 2.24) is 10.2 Å². The largest absolute Gasteiger partial charge is 0.496 e. The van der Waals surface area contributed by atoms with Crippen LogP contribution in [0.25, 0.3) is 0 Å². The number of hydrogen-bond donors (Lipinski definition) is 2. The molecule has 1 heterocycles. The number of carboxylic acids is 1. The van der Waals surface area contributed by atoms with E-state index in [0.717, 1.165) is 42.6 Å². The molecule has 1 aliphatic carbocycles. The molecular weight excluding hydrogens is 512 g/mol. The maximum absolute atomic E-state index is 14.4. The molecule has 0 spiro atoms. The highest BCUT2D eigenvalue weighted by Crippen LogP contribution is 2.49. The first kappa shape index (κ1) is 31.1. The molecule has 6 heteroatoms. The molecule has 1 saturated heterocycles. The highest BCUT2D eigenvalue weighted by molar-refractivity contribution is 5.87. The molecular formula is C35H50N2O4. The lowest BCUT2D eigenvalue weighted by Crippen LogP contribution is -2.49. The Kier molecular flexibility index (Phi) is 9.22. The summed E-state index contributed by atoms with van der Waals surface area (Å²) >= 11 is 0. The van der Waals surface area contributed by atoms with Crippen molar-refractivity contribution < 1.29 is 19.4 Å². The van der Waals surface area contributed by atoms with E-state index in [2.05, 4.69) is 65.9 Å². The summed E-state index contributed by atoms with van der Waals surface area (Å²) in [5.74, 6) is 0.0131. The average molecular weight is 563 g/mol. The predicted molar refractivity (Wildman–Crippen MR) is 164 cm³/mol. The number of likely N-dealkylation sites (tertiary alicyclic amines) is 1. The van der Waals surface area contributed by atoms with Gasteiger partial charge in [0.2, 0.25) is 5.91 Å². The van der Waals surface area contributed by atoms with Crippen LogP contribution in [0.1, 0.15) is 96.9 Å². The summed E-state index contributed by atoms with van der Waals surface area (Å²) in [5.41, 5.74) is 2.80. The van der Waals surface area contributed by atoms with Gasteiger partial charge in [0.1, 0.15) is 11.8 Å². The molecule has 41 heavy (non-hydrogen) atoms.